The third-order valence-electron chi connectivity index (χ3n) is 3.26. The normalized spacial score (nSPS) is 11.2. The van der Waals surface area contributed by atoms with Gasteiger partial charge in [0, 0.05) is 11.6 Å². The molecule has 0 fully saturated rings. The van der Waals surface area contributed by atoms with Crippen molar-refractivity contribution in [2.24, 2.45) is 0 Å². The van der Waals surface area contributed by atoms with Gasteiger partial charge in [0.2, 0.25) is 0 Å². The molecule has 2 aromatic carbocycles. The Morgan fingerprint density at radius 3 is 2.28 bits per heavy atom. The SMILES string of the molecule is COc1cc(OC)c(NC(=O)c2ccc(F)c(C(F)(F)F)c2)cc1Cl. The van der Waals surface area contributed by atoms with Crippen LogP contribution in [0.3, 0.4) is 0 Å². The summed E-state index contributed by atoms with van der Waals surface area (Å²) in [4.78, 5) is 12.2. The fraction of sp³-hybridized carbons (Fsp3) is 0.188. The van der Waals surface area contributed by atoms with Crippen LogP contribution in [0.1, 0.15) is 15.9 Å². The van der Waals surface area contributed by atoms with Gasteiger partial charge in [0.25, 0.3) is 5.91 Å². The Balaban J connectivity index is 2.36. The molecule has 0 saturated heterocycles. The summed E-state index contributed by atoms with van der Waals surface area (Å²) in [6, 6.07) is 4.69. The molecule has 2 aromatic rings. The number of hydrogen-bond donors (Lipinski definition) is 1. The molecule has 2 rings (SSSR count). The lowest BCUT2D eigenvalue weighted by Crippen LogP contribution is -2.15. The predicted octanol–water partition coefficient (Wildman–Crippen LogP) is 4.77. The molecule has 0 spiro atoms. The molecular formula is C16H12ClF4NO3. The first kappa shape index (κ1) is 18.9. The van der Waals surface area contributed by atoms with E-state index in [-0.39, 0.29) is 27.8 Å². The summed E-state index contributed by atoms with van der Waals surface area (Å²) in [5, 5.41) is 2.54. The minimum atomic E-state index is -4.92. The molecule has 9 heteroatoms. The van der Waals surface area contributed by atoms with Crippen molar-refractivity contribution in [3.63, 3.8) is 0 Å². The number of hydrogen-bond acceptors (Lipinski definition) is 3. The average molecular weight is 378 g/mol. The highest BCUT2D eigenvalue weighted by Gasteiger charge is 2.34. The van der Waals surface area contributed by atoms with E-state index in [1.54, 1.807) is 0 Å². The molecule has 0 aromatic heterocycles. The van der Waals surface area contributed by atoms with Crippen molar-refractivity contribution in [3.05, 3.63) is 52.3 Å². The zero-order chi connectivity index (χ0) is 18.8. The average Bonchev–Trinajstić information content (AvgIpc) is 2.54. The van der Waals surface area contributed by atoms with Gasteiger partial charge in [0.15, 0.2) is 0 Å². The van der Waals surface area contributed by atoms with Crippen LogP contribution in [0.2, 0.25) is 5.02 Å². The quantitative estimate of drug-likeness (QED) is 0.781. The molecule has 1 amide bonds. The Kier molecular flexibility index (Phi) is 5.42. The lowest BCUT2D eigenvalue weighted by atomic mass is 10.1. The minimum Gasteiger partial charge on any atom is -0.495 e. The van der Waals surface area contributed by atoms with Crippen molar-refractivity contribution in [1.29, 1.82) is 0 Å². The van der Waals surface area contributed by atoms with Crippen molar-refractivity contribution in [1.82, 2.24) is 0 Å². The van der Waals surface area contributed by atoms with Crippen molar-refractivity contribution in [2.45, 2.75) is 6.18 Å². The monoisotopic (exact) mass is 377 g/mol. The van der Waals surface area contributed by atoms with Gasteiger partial charge in [0.1, 0.15) is 17.3 Å². The second-order valence-corrected chi connectivity index (χ2v) is 5.24. The first-order valence-electron chi connectivity index (χ1n) is 6.77. The zero-order valence-corrected chi connectivity index (χ0v) is 13.8. The molecule has 4 nitrogen and oxygen atoms in total. The fourth-order valence-corrected chi connectivity index (χ4v) is 2.28. The van der Waals surface area contributed by atoms with Crippen LogP contribution in [0.25, 0.3) is 0 Å². The molecule has 134 valence electrons. The van der Waals surface area contributed by atoms with Gasteiger partial charge in [0.05, 0.1) is 30.5 Å². The van der Waals surface area contributed by atoms with E-state index in [4.69, 9.17) is 21.1 Å². The van der Waals surface area contributed by atoms with Crippen LogP contribution in [-0.4, -0.2) is 20.1 Å². The zero-order valence-electron chi connectivity index (χ0n) is 13.0. The molecular weight excluding hydrogens is 366 g/mol. The Labute approximate surface area is 145 Å². The van der Waals surface area contributed by atoms with E-state index in [1.165, 1.54) is 26.4 Å². The molecule has 0 heterocycles. The molecule has 1 N–H and O–H groups in total. The Morgan fingerprint density at radius 1 is 1.08 bits per heavy atom. The van der Waals surface area contributed by atoms with E-state index >= 15 is 0 Å². The molecule has 0 radical (unpaired) electrons. The number of alkyl halides is 3. The van der Waals surface area contributed by atoms with Crippen LogP contribution in [0, 0.1) is 5.82 Å². The van der Waals surface area contributed by atoms with Gasteiger partial charge in [-0.2, -0.15) is 13.2 Å². The Morgan fingerprint density at radius 2 is 1.72 bits per heavy atom. The van der Waals surface area contributed by atoms with Crippen LogP contribution >= 0.6 is 11.6 Å². The molecule has 0 atom stereocenters. The summed E-state index contributed by atoms with van der Waals surface area (Å²) in [6.45, 7) is 0. The van der Waals surface area contributed by atoms with Gasteiger partial charge in [-0.15, -0.1) is 0 Å². The molecule has 0 aliphatic rings. The number of carbonyl (C=O) groups is 1. The maximum Gasteiger partial charge on any atom is 0.419 e. The first-order chi connectivity index (χ1) is 11.7. The summed E-state index contributed by atoms with van der Waals surface area (Å²) in [5.41, 5.74) is -1.78. The lowest BCUT2D eigenvalue weighted by Gasteiger charge is -2.14. The van der Waals surface area contributed by atoms with Gasteiger partial charge in [-0.05, 0) is 24.3 Å². The van der Waals surface area contributed by atoms with E-state index in [9.17, 15) is 22.4 Å². The summed E-state index contributed by atoms with van der Waals surface area (Å²) in [6.07, 6.45) is -4.92. The third-order valence-corrected chi connectivity index (χ3v) is 3.55. The van der Waals surface area contributed by atoms with Crippen LogP contribution in [0.4, 0.5) is 23.2 Å². The Bertz CT molecular complexity index is 809. The number of nitrogens with one attached hydrogen (secondary N) is 1. The lowest BCUT2D eigenvalue weighted by molar-refractivity contribution is -0.140. The second-order valence-electron chi connectivity index (χ2n) is 4.83. The summed E-state index contributed by atoms with van der Waals surface area (Å²) in [5.74, 6) is -1.87. The number of benzene rings is 2. The fourth-order valence-electron chi connectivity index (χ4n) is 2.04. The molecule has 0 unspecified atom stereocenters. The maximum absolute atomic E-state index is 13.3. The van der Waals surface area contributed by atoms with Gasteiger partial charge < -0.3 is 14.8 Å². The van der Waals surface area contributed by atoms with Crippen molar-refractivity contribution in [3.8, 4) is 11.5 Å². The maximum atomic E-state index is 13.3. The van der Waals surface area contributed by atoms with Crippen LogP contribution in [0.15, 0.2) is 30.3 Å². The minimum absolute atomic E-state index is 0.121. The van der Waals surface area contributed by atoms with Crippen LogP contribution in [-0.2, 0) is 6.18 Å². The van der Waals surface area contributed by atoms with Crippen LogP contribution in [0.5, 0.6) is 11.5 Å². The summed E-state index contributed by atoms with van der Waals surface area (Å²) < 4.78 is 61.7. The first-order valence-corrected chi connectivity index (χ1v) is 7.14. The van der Waals surface area contributed by atoms with Gasteiger partial charge in [-0.1, -0.05) is 11.6 Å². The van der Waals surface area contributed by atoms with Gasteiger partial charge in [-0.3, -0.25) is 4.79 Å². The van der Waals surface area contributed by atoms with Crippen LogP contribution < -0.4 is 14.8 Å². The molecule has 0 aliphatic heterocycles. The highest BCUT2D eigenvalue weighted by atomic mass is 35.5. The number of rotatable bonds is 4. The standard InChI is InChI=1S/C16H12ClF4NO3/c1-24-13-7-14(25-2)12(6-10(13)17)22-15(23)8-3-4-11(18)9(5-8)16(19,20)21/h3-7H,1-2H3,(H,22,23). The number of anilines is 1. The summed E-state index contributed by atoms with van der Waals surface area (Å²) in [7, 11) is 2.72. The number of methoxy groups -OCH3 is 2. The highest BCUT2D eigenvalue weighted by Crippen LogP contribution is 2.36. The number of ether oxygens (including phenoxy) is 2. The highest BCUT2D eigenvalue weighted by molar-refractivity contribution is 6.32. The van der Waals surface area contributed by atoms with Gasteiger partial charge >= 0.3 is 6.18 Å². The smallest absolute Gasteiger partial charge is 0.419 e. The largest absolute Gasteiger partial charge is 0.495 e. The van der Waals surface area contributed by atoms with Crippen molar-refractivity contribution >= 4 is 23.2 Å². The number of amides is 1. The van der Waals surface area contributed by atoms with E-state index in [2.05, 4.69) is 5.32 Å². The summed E-state index contributed by atoms with van der Waals surface area (Å²) >= 11 is 5.96. The van der Waals surface area contributed by atoms with E-state index < -0.39 is 23.5 Å². The number of halogens is 5. The van der Waals surface area contributed by atoms with E-state index in [1.807, 2.05) is 0 Å². The van der Waals surface area contributed by atoms with Gasteiger partial charge in [-0.25, -0.2) is 4.39 Å². The van der Waals surface area contributed by atoms with Crippen molar-refractivity contribution < 1.29 is 31.8 Å². The molecule has 25 heavy (non-hydrogen) atoms. The molecule has 0 saturated carbocycles. The predicted molar refractivity (Wildman–Crippen MR) is 83.9 cm³/mol. The molecule has 0 aliphatic carbocycles. The molecule has 0 bridgehead atoms. The third kappa shape index (κ3) is 4.14. The topological polar surface area (TPSA) is 47.6 Å². The Hall–Kier alpha value is -2.48. The second kappa shape index (κ2) is 7.18. The van der Waals surface area contributed by atoms with E-state index in [0.29, 0.717) is 12.1 Å². The number of carbonyl (C=O) groups excluding carboxylic acids is 1. The van der Waals surface area contributed by atoms with Crippen molar-refractivity contribution in [2.75, 3.05) is 19.5 Å². The van der Waals surface area contributed by atoms with E-state index in [0.717, 1.165) is 6.07 Å².